The summed E-state index contributed by atoms with van der Waals surface area (Å²) in [5.41, 5.74) is 0.419. The highest BCUT2D eigenvalue weighted by Gasteiger charge is 2.41. The van der Waals surface area contributed by atoms with E-state index in [0.717, 1.165) is 6.07 Å². The van der Waals surface area contributed by atoms with Crippen molar-refractivity contribution < 1.29 is 22.7 Å². The lowest BCUT2D eigenvalue weighted by Gasteiger charge is -2.30. The quantitative estimate of drug-likeness (QED) is 0.831. The number of rotatable bonds is 3. The Labute approximate surface area is 114 Å². The number of benzene rings is 1. The summed E-state index contributed by atoms with van der Waals surface area (Å²) in [5, 5.41) is 12.6. The van der Waals surface area contributed by atoms with Crippen LogP contribution in [0.15, 0.2) is 18.2 Å². The van der Waals surface area contributed by atoms with Crippen LogP contribution >= 0.6 is 0 Å². The maximum absolute atomic E-state index is 13.0. The summed E-state index contributed by atoms with van der Waals surface area (Å²) in [4.78, 5) is 0. The molecule has 0 unspecified atom stereocenters. The Bertz CT molecular complexity index is 453. The summed E-state index contributed by atoms with van der Waals surface area (Å²) >= 11 is 0. The van der Waals surface area contributed by atoms with Gasteiger partial charge >= 0.3 is 6.18 Å². The van der Waals surface area contributed by atoms with E-state index in [-0.39, 0.29) is 31.2 Å². The molecule has 20 heavy (non-hydrogen) atoms. The standard InChI is InChI=1S/C14H17F4NO/c15-11-3-6-13(20)9(7-11)8-19-12-4-1-10(2-5-12)14(16,17)18/h3,6-7,10,12,19-20H,1-2,4-5,8H2. The Kier molecular flexibility index (Phi) is 4.52. The number of phenols is 1. The van der Waals surface area contributed by atoms with Crippen LogP contribution in [0.3, 0.4) is 0 Å². The van der Waals surface area contributed by atoms with Crippen molar-refractivity contribution in [3.63, 3.8) is 0 Å². The van der Waals surface area contributed by atoms with Gasteiger partial charge in [-0.15, -0.1) is 0 Å². The first-order valence-electron chi connectivity index (χ1n) is 6.64. The van der Waals surface area contributed by atoms with E-state index in [0.29, 0.717) is 18.4 Å². The van der Waals surface area contributed by atoms with Crippen LogP contribution in [0, 0.1) is 11.7 Å². The molecule has 1 aliphatic rings. The van der Waals surface area contributed by atoms with E-state index >= 15 is 0 Å². The van der Waals surface area contributed by atoms with E-state index in [4.69, 9.17) is 0 Å². The van der Waals surface area contributed by atoms with Crippen LogP contribution in [0.4, 0.5) is 17.6 Å². The first-order valence-corrected chi connectivity index (χ1v) is 6.64. The van der Waals surface area contributed by atoms with Gasteiger partial charge in [-0.1, -0.05) is 0 Å². The van der Waals surface area contributed by atoms with Gasteiger partial charge in [0.1, 0.15) is 11.6 Å². The van der Waals surface area contributed by atoms with Gasteiger partial charge in [0.25, 0.3) is 0 Å². The number of hydrogen-bond donors (Lipinski definition) is 2. The molecule has 1 saturated carbocycles. The van der Waals surface area contributed by atoms with Gasteiger partial charge < -0.3 is 10.4 Å². The largest absolute Gasteiger partial charge is 0.508 e. The predicted molar refractivity (Wildman–Crippen MR) is 66.7 cm³/mol. The Morgan fingerprint density at radius 1 is 1.15 bits per heavy atom. The number of alkyl halides is 3. The molecule has 0 saturated heterocycles. The molecule has 0 radical (unpaired) electrons. The molecule has 6 heteroatoms. The molecule has 0 spiro atoms. The van der Waals surface area contributed by atoms with Crippen LogP contribution in [-0.2, 0) is 6.54 Å². The van der Waals surface area contributed by atoms with Gasteiger partial charge in [-0.25, -0.2) is 4.39 Å². The lowest BCUT2D eigenvalue weighted by Crippen LogP contribution is -2.36. The minimum atomic E-state index is -4.11. The lowest BCUT2D eigenvalue weighted by atomic mass is 9.85. The SMILES string of the molecule is Oc1ccc(F)cc1CNC1CCC(C(F)(F)F)CC1. The van der Waals surface area contributed by atoms with Crippen molar-refractivity contribution in [1.82, 2.24) is 5.32 Å². The van der Waals surface area contributed by atoms with Gasteiger partial charge in [0.05, 0.1) is 5.92 Å². The van der Waals surface area contributed by atoms with Crippen molar-refractivity contribution in [3.05, 3.63) is 29.6 Å². The third-order valence-electron chi connectivity index (χ3n) is 3.81. The van der Waals surface area contributed by atoms with Crippen LogP contribution in [0.1, 0.15) is 31.2 Å². The zero-order chi connectivity index (χ0) is 14.8. The second kappa shape index (κ2) is 5.99. The molecule has 2 N–H and O–H groups in total. The molecule has 2 rings (SSSR count). The minimum absolute atomic E-state index is 0.0112. The van der Waals surface area contributed by atoms with E-state index in [2.05, 4.69) is 5.32 Å². The fourth-order valence-electron chi connectivity index (χ4n) is 2.57. The molecular weight excluding hydrogens is 274 g/mol. The summed E-state index contributed by atoms with van der Waals surface area (Å²) < 4.78 is 50.6. The van der Waals surface area contributed by atoms with Crippen LogP contribution in [0.5, 0.6) is 5.75 Å². The van der Waals surface area contributed by atoms with Gasteiger partial charge in [-0.3, -0.25) is 0 Å². The highest BCUT2D eigenvalue weighted by molar-refractivity contribution is 5.32. The summed E-state index contributed by atoms with van der Waals surface area (Å²) in [6, 6.07) is 3.64. The zero-order valence-electron chi connectivity index (χ0n) is 10.9. The summed E-state index contributed by atoms with van der Waals surface area (Å²) in [7, 11) is 0. The summed E-state index contributed by atoms with van der Waals surface area (Å²) in [5.74, 6) is -1.66. The van der Waals surface area contributed by atoms with Crippen molar-refractivity contribution in [2.24, 2.45) is 5.92 Å². The van der Waals surface area contributed by atoms with Crippen molar-refractivity contribution in [2.45, 2.75) is 44.4 Å². The molecule has 1 aromatic carbocycles. The molecular formula is C14H17F4NO. The Balaban J connectivity index is 1.83. The zero-order valence-corrected chi connectivity index (χ0v) is 10.9. The number of hydrogen-bond acceptors (Lipinski definition) is 2. The second-order valence-corrected chi connectivity index (χ2v) is 5.24. The van der Waals surface area contributed by atoms with E-state index in [1.165, 1.54) is 12.1 Å². The highest BCUT2D eigenvalue weighted by atomic mass is 19.4. The molecule has 1 fully saturated rings. The monoisotopic (exact) mass is 291 g/mol. The summed E-state index contributed by atoms with van der Waals surface area (Å²) in [6.45, 7) is 0.255. The van der Waals surface area contributed by atoms with Gasteiger partial charge in [0.2, 0.25) is 0 Å². The summed E-state index contributed by atoms with van der Waals surface area (Å²) in [6.07, 6.45) is -2.97. The van der Waals surface area contributed by atoms with Crippen LogP contribution in [0.2, 0.25) is 0 Å². The van der Waals surface area contributed by atoms with Crippen molar-refractivity contribution in [3.8, 4) is 5.75 Å². The van der Waals surface area contributed by atoms with E-state index in [1.54, 1.807) is 0 Å². The van der Waals surface area contributed by atoms with E-state index < -0.39 is 17.9 Å². The number of phenolic OH excluding ortho intramolecular Hbond substituents is 1. The fourth-order valence-corrected chi connectivity index (χ4v) is 2.57. The molecule has 0 aliphatic heterocycles. The first kappa shape index (κ1) is 15.1. The van der Waals surface area contributed by atoms with Crippen LogP contribution in [-0.4, -0.2) is 17.3 Å². The highest BCUT2D eigenvalue weighted by Crippen LogP contribution is 2.37. The molecule has 0 amide bonds. The third-order valence-corrected chi connectivity index (χ3v) is 3.81. The normalized spacial score (nSPS) is 23.8. The van der Waals surface area contributed by atoms with Crippen molar-refractivity contribution in [1.29, 1.82) is 0 Å². The average Bonchev–Trinajstić information content (AvgIpc) is 2.39. The van der Waals surface area contributed by atoms with Crippen molar-refractivity contribution >= 4 is 0 Å². The molecule has 112 valence electrons. The van der Waals surface area contributed by atoms with Gasteiger partial charge in [0, 0.05) is 18.2 Å². The maximum atomic E-state index is 13.0. The molecule has 2 nitrogen and oxygen atoms in total. The van der Waals surface area contributed by atoms with E-state index in [9.17, 15) is 22.7 Å². The van der Waals surface area contributed by atoms with E-state index in [1.807, 2.05) is 0 Å². The molecule has 1 aliphatic carbocycles. The Morgan fingerprint density at radius 3 is 2.40 bits per heavy atom. The topological polar surface area (TPSA) is 32.3 Å². The molecule has 0 aromatic heterocycles. The molecule has 1 aromatic rings. The number of aromatic hydroxyl groups is 1. The average molecular weight is 291 g/mol. The van der Waals surface area contributed by atoms with Gasteiger partial charge in [-0.2, -0.15) is 13.2 Å². The molecule has 0 atom stereocenters. The minimum Gasteiger partial charge on any atom is -0.508 e. The first-order chi connectivity index (χ1) is 9.36. The third kappa shape index (κ3) is 3.85. The predicted octanol–water partition coefficient (Wildman–Crippen LogP) is 3.74. The molecule has 0 bridgehead atoms. The fraction of sp³-hybridized carbons (Fsp3) is 0.571. The van der Waals surface area contributed by atoms with Crippen LogP contribution in [0.25, 0.3) is 0 Å². The van der Waals surface area contributed by atoms with Gasteiger partial charge in [0.15, 0.2) is 0 Å². The van der Waals surface area contributed by atoms with Gasteiger partial charge in [-0.05, 0) is 43.9 Å². The number of halogens is 4. The molecule has 0 heterocycles. The lowest BCUT2D eigenvalue weighted by molar-refractivity contribution is -0.182. The Hall–Kier alpha value is -1.30. The smallest absolute Gasteiger partial charge is 0.391 e. The Morgan fingerprint density at radius 2 is 1.80 bits per heavy atom. The second-order valence-electron chi connectivity index (χ2n) is 5.24. The van der Waals surface area contributed by atoms with Crippen molar-refractivity contribution in [2.75, 3.05) is 0 Å². The maximum Gasteiger partial charge on any atom is 0.391 e. The number of nitrogens with one attached hydrogen (secondary N) is 1. The van der Waals surface area contributed by atoms with Crippen LogP contribution < -0.4 is 5.32 Å².